The van der Waals surface area contributed by atoms with E-state index in [9.17, 15) is 4.79 Å². The van der Waals surface area contributed by atoms with Crippen molar-refractivity contribution in [1.82, 2.24) is 0 Å². The summed E-state index contributed by atoms with van der Waals surface area (Å²) in [6.07, 6.45) is 2.26. The summed E-state index contributed by atoms with van der Waals surface area (Å²) in [6, 6.07) is 6.95. The first-order valence-electron chi connectivity index (χ1n) is 5.45. The summed E-state index contributed by atoms with van der Waals surface area (Å²) in [7, 11) is 0. The molecular formula is C12H17NO3. The Balaban J connectivity index is 2.44. The Morgan fingerprint density at radius 2 is 2.25 bits per heavy atom. The first kappa shape index (κ1) is 12.4. The lowest BCUT2D eigenvalue weighted by Crippen LogP contribution is -2.07. The number of carboxylic acid groups (broad SMARTS) is 1. The molecule has 1 amide bonds. The normalized spacial score (nSPS) is 9.81. The van der Waals surface area contributed by atoms with Crippen molar-refractivity contribution in [3.63, 3.8) is 0 Å². The molecule has 0 saturated heterocycles. The highest BCUT2D eigenvalue weighted by atomic mass is 16.5. The van der Waals surface area contributed by atoms with Crippen molar-refractivity contribution in [3.8, 4) is 5.75 Å². The van der Waals surface area contributed by atoms with E-state index in [1.165, 1.54) is 0 Å². The molecular weight excluding hydrogens is 206 g/mol. The highest BCUT2D eigenvalue weighted by Gasteiger charge is 1.99. The molecule has 4 heteroatoms. The number of benzene rings is 1. The molecule has 0 aliphatic carbocycles. The Morgan fingerprint density at radius 3 is 2.94 bits per heavy atom. The Bertz CT molecular complexity index is 339. The van der Waals surface area contributed by atoms with Crippen molar-refractivity contribution in [2.75, 3.05) is 11.9 Å². The molecule has 1 aromatic carbocycles. The average Bonchev–Trinajstić information content (AvgIpc) is 2.24. The minimum absolute atomic E-state index is 0.528. The Kier molecular flexibility index (Phi) is 5.19. The molecule has 1 aromatic rings. The van der Waals surface area contributed by atoms with Crippen LogP contribution in [0.25, 0.3) is 0 Å². The number of amides is 1. The molecule has 0 unspecified atom stereocenters. The second kappa shape index (κ2) is 6.71. The maximum atomic E-state index is 10.4. The highest BCUT2D eigenvalue weighted by Crippen LogP contribution is 2.17. The van der Waals surface area contributed by atoms with Gasteiger partial charge in [0, 0.05) is 11.8 Å². The molecule has 0 saturated carbocycles. The standard InChI is InChI=1S/C12H17NO3/c1-2-3-4-8-16-11-7-5-6-10(9-11)13-12(14)15/h5-7,9,13H,2-4,8H2,1H3,(H,14,15). The number of ether oxygens (including phenoxy) is 1. The first-order chi connectivity index (χ1) is 7.72. The van der Waals surface area contributed by atoms with E-state index in [1.54, 1.807) is 18.2 Å². The van der Waals surface area contributed by atoms with Gasteiger partial charge < -0.3 is 9.84 Å². The lowest BCUT2D eigenvalue weighted by atomic mass is 10.2. The van der Waals surface area contributed by atoms with E-state index in [-0.39, 0.29) is 0 Å². The number of nitrogens with one attached hydrogen (secondary N) is 1. The zero-order valence-electron chi connectivity index (χ0n) is 9.40. The molecule has 0 spiro atoms. The number of rotatable bonds is 6. The molecule has 0 radical (unpaired) electrons. The number of carbonyl (C=O) groups is 1. The number of hydrogen-bond acceptors (Lipinski definition) is 2. The van der Waals surface area contributed by atoms with Crippen LogP contribution in [-0.4, -0.2) is 17.8 Å². The van der Waals surface area contributed by atoms with Gasteiger partial charge in [0.15, 0.2) is 0 Å². The summed E-state index contributed by atoms with van der Waals surface area (Å²) in [6.45, 7) is 2.81. The van der Waals surface area contributed by atoms with Crippen molar-refractivity contribution in [1.29, 1.82) is 0 Å². The van der Waals surface area contributed by atoms with Gasteiger partial charge in [-0.3, -0.25) is 5.32 Å². The van der Waals surface area contributed by atoms with Crippen LogP contribution in [0.4, 0.5) is 10.5 Å². The van der Waals surface area contributed by atoms with E-state index in [1.807, 2.05) is 6.07 Å². The minimum Gasteiger partial charge on any atom is -0.494 e. The van der Waals surface area contributed by atoms with Crippen molar-refractivity contribution in [2.45, 2.75) is 26.2 Å². The SMILES string of the molecule is CCCCCOc1cccc(NC(=O)O)c1. The quantitative estimate of drug-likeness (QED) is 0.727. The molecule has 4 nitrogen and oxygen atoms in total. The van der Waals surface area contributed by atoms with E-state index in [0.717, 1.165) is 19.3 Å². The molecule has 0 aliphatic heterocycles. The summed E-state index contributed by atoms with van der Waals surface area (Å²) in [5, 5.41) is 10.8. The fourth-order valence-corrected chi connectivity index (χ4v) is 1.33. The van der Waals surface area contributed by atoms with Crippen molar-refractivity contribution >= 4 is 11.8 Å². The van der Waals surface area contributed by atoms with Gasteiger partial charge in [-0.05, 0) is 18.6 Å². The topological polar surface area (TPSA) is 58.6 Å². The molecule has 1 rings (SSSR count). The third-order valence-electron chi connectivity index (χ3n) is 2.10. The van der Waals surface area contributed by atoms with Crippen LogP contribution in [-0.2, 0) is 0 Å². The third-order valence-corrected chi connectivity index (χ3v) is 2.10. The predicted octanol–water partition coefficient (Wildman–Crippen LogP) is 3.35. The second-order valence-corrected chi connectivity index (χ2v) is 3.51. The van der Waals surface area contributed by atoms with Crippen LogP contribution in [0.5, 0.6) is 5.75 Å². The lowest BCUT2D eigenvalue weighted by Gasteiger charge is -2.07. The maximum absolute atomic E-state index is 10.4. The van der Waals surface area contributed by atoms with Gasteiger partial charge in [0.05, 0.1) is 6.61 Å². The van der Waals surface area contributed by atoms with Gasteiger partial charge in [-0.25, -0.2) is 4.79 Å². The molecule has 0 atom stereocenters. The number of hydrogen-bond donors (Lipinski definition) is 2. The molecule has 2 N–H and O–H groups in total. The van der Waals surface area contributed by atoms with Gasteiger partial charge in [0.25, 0.3) is 0 Å². The van der Waals surface area contributed by atoms with Crippen LogP contribution >= 0.6 is 0 Å². The van der Waals surface area contributed by atoms with Gasteiger partial charge in [0.2, 0.25) is 0 Å². The fourth-order valence-electron chi connectivity index (χ4n) is 1.33. The van der Waals surface area contributed by atoms with E-state index in [0.29, 0.717) is 18.0 Å². The first-order valence-corrected chi connectivity index (χ1v) is 5.45. The van der Waals surface area contributed by atoms with Crippen LogP contribution in [0.3, 0.4) is 0 Å². The van der Waals surface area contributed by atoms with Crippen LogP contribution in [0, 0.1) is 0 Å². The summed E-state index contributed by atoms with van der Waals surface area (Å²) < 4.78 is 5.50. The largest absolute Gasteiger partial charge is 0.494 e. The van der Waals surface area contributed by atoms with Crippen molar-refractivity contribution in [3.05, 3.63) is 24.3 Å². The van der Waals surface area contributed by atoms with Gasteiger partial charge in [-0.2, -0.15) is 0 Å². The molecule has 0 aliphatic rings. The van der Waals surface area contributed by atoms with E-state index in [4.69, 9.17) is 9.84 Å². The van der Waals surface area contributed by atoms with Crippen LogP contribution in [0.1, 0.15) is 26.2 Å². The number of unbranched alkanes of at least 4 members (excludes halogenated alkanes) is 2. The van der Waals surface area contributed by atoms with Crippen LogP contribution in [0.15, 0.2) is 24.3 Å². The Morgan fingerprint density at radius 1 is 1.44 bits per heavy atom. The minimum atomic E-state index is -1.07. The van der Waals surface area contributed by atoms with Crippen molar-refractivity contribution in [2.24, 2.45) is 0 Å². The lowest BCUT2D eigenvalue weighted by molar-refractivity contribution is 0.209. The molecule has 0 bridgehead atoms. The maximum Gasteiger partial charge on any atom is 0.409 e. The number of anilines is 1. The Hall–Kier alpha value is -1.71. The van der Waals surface area contributed by atoms with Crippen molar-refractivity contribution < 1.29 is 14.6 Å². The van der Waals surface area contributed by atoms with E-state index >= 15 is 0 Å². The monoisotopic (exact) mass is 223 g/mol. The van der Waals surface area contributed by atoms with Gasteiger partial charge in [-0.15, -0.1) is 0 Å². The Labute approximate surface area is 95.2 Å². The molecule has 16 heavy (non-hydrogen) atoms. The van der Waals surface area contributed by atoms with Gasteiger partial charge >= 0.3 is 6.09 Å². The molecule has 88 valence electrons. The fraction of sp³-hybridized carbons (Fsp3) is 0.417. The molecule has 0 aromatic heterocycles. The third kappa shape index (κ3) is 4.68. The predicted molar refractivity (Wildman–Crippen MR) is 63.1 cm³/mol. The van der Waals surface area contributed by atoms with Gasteiger partial charge in [0.1, 0.15) is 5.75 Å². The summed E-state index contributed by atoms with van der Waals surface area (Å²) in [4.78, 5) is 10.4. The average molecular weight is 223 g/mol. The van der Waals surface area contributed by atoms with E-state index in [2.05, 4.69) is 12.2 Å². The van der Waals surface area contributed by atoms with Crippen LogP contribution < -0.4 is 10.1 Å². The van der Waals surface area contributed by atoms with Crippen LogP contribution in [0.2, 0.25) is 0 Å². The molecule has 0 heterocycles. The molecule has 0 fully saturated rings. The highest BCUT2D eigenvalue weighted by molar-refractivity contribution is 5.83. The van der Waals surface area contributed by atoms with Gasteiger partial charge in [-0.1, -0.05) is 25.8 Å². The van der Waals surface area contributed by atoms with E-state index < -0.39 is 6.09 Å². The summed E-state index contributed by atoms with van der Waals surface area (Å²) in [5.74, 6) is 0.697. The smallest absolute Gasteiger partial charge is 0.409 e. The summed E-state index contributed by atoms with van der Waals surface area (Å²) >= 11 is 0. The summed E-state index contributed by atoms with van der Waals surface area (Å²) in [5.41, 5.74) is 0.528. The second-order valence-electron chi connectivity index (χ2n) is 3.51. The zero-order chi connectivity index (χ0) is 11.8. The zero-order valence-corrected chi connectivity index (χ0v) is 9.40.